The maximum absolute atomic E-state index is 12.2. The summed E-state index contributed by atoms with van der Waals surface area (Å²) in [5.74, 6) is 0. The molecular weight excluding hydrogens is 189 g/mol. The van der Waals surface area contributed by atoms with Gasteiger partial charge in [-0.3, -0.25) is 0 Å². The Hall–Kier alpha value is -0.705. The van der Waals surface area contributed by atoms with E-state index in [-0.39, 0.29) is 10.7 Å². The molecule has 0 aromatic carbocycles. The molecule has 66 valence electrons. The Morgan fingerprint density at radius 1 is 1.42 bits per heavy atom. The second kappa shape index (κ2) is 2.97. The summed E-state index contributed by atoms with van der Waals surface area (Å²) in [6.45, 7) is -3.61. The molecule has 0 radical (unpaired) electrons. The number of hydrogen-bond donors (Lipinski definition) is 0. The Kier molecular flexibility index (Phi) is 2.33. The minimum atomic E-state index is -4.96. The Morgan fingerprint density at radius 3 is 2.42 bits per heavy atom. The van der Waals surface area contributed by atoms with Crippen molar-refractivity contribution in [3.8, 4) is 0 Å². The summed E-state index contributed by atoms with van der Waals surface area (Å²) in [6.07, 6.45) is 0.762. The van der Waals surface area contributed by atoms with E-state index in [1.165, 1.54) is 13.0 Å². The number of hydrogen-bond acceptors (Lipinski definition) is 1. The van der Waals surface area contributed by atoms with E-state index in [1.807, 2.05) is 0 Å². The summed E-state index contributed by atoms with van der Waals surface area (Å²) in [7, 11) is 0. The van der Waals surface area contributed by atoms with Crippen molar-refractivity contribution in [1.29, 1.82) is 0 Å². The van der Waals surface area contributed by atoms with Gasteiger partial charge in [-0.2, -0.15) is 0 Å². The summed E-state index contributed by atoms with van der Waals surface area (Å²) in [5.41, 5.74) is -0.568. The number of nitrogens with zero attached hydrogens (tertiary/aromatic N) is 1. The molecule has 1 nitrogen and oxygen atoms in total. The van der Waals surface area contributed by atoms with Gasteiger partial charge >= 0.3 is 6.98 Å². The second-order valence-electron chi connectivity index (χ2n) is 2.44. The molecule has 0 aliphatic carbocycles. The first-order valence-electron chi connectivity index (χ1n) is 3.23. The molecule has 6 heteroatoms. The van der Waals surface area contributed by atoms with Gasteiger partial charge in [-0.25, -0.2) is 4.98 Å². The molecule has 0 saturated carbocycles. The third-order valence-corrected chi connectivity index (χ3v) is 1.68. The molecule has 0 saturated heterocycles. The molecule has 0 fully saturated rings. The summed E-state index contributed by atoms with van der Waals surface area (Å²) in [5, 5.41) is 0.0799. The van der Waals surface area contributed by atoms with Crippen LogP contribution in [0.15, 0.2) is 12.3 Å². The Morgan fingerprint density at radius 2 is 2.00 bits per heavy atom. The molecule has 0 N–H and O–H groups in total. The van der Waals surface area contributed by atoms with Gasteiger partial charge in [0.2, 0.25) is 0 Å². The average Bonchev–Trinajstić information content (AvgIpc) is 1.83. The van der Waals surface area contributed by atoms with Crippen molar-refractivity contribution < 1.29 is 12.9 Å². The first kappa shape index (κ1) is 9.38. The SMILES string of the molecule is Cc1cc(Cl)ncc1[B-](F)(F)F. The highest BCUT2D eigenvalue weighted by atomic mass is 35.5. The monoisotopic (exact) mass is 194 g/mol. The average molecular weight is 194 g/mol. The van der Waals surface area contributed by atoms with Crippen molar-refractivity contribution in [2.45, 2.75) is 6.92 Å². The topological polar surface area (TPSA) is 12.9 Å². The fourth-order valence-electron chi connectivity index (χ4n) is 0.875. The molecule has 0 spiro atoms. The maximum Gasteiger partial charge on any atom is 0.511 e. The van der Waals surface area contributed by atoms with E-state index in [4.69, 9.17) is 11.6 Å². The summed E-state index contributed by atoms with van der Waals surface area (Å²) < 4.78 is 36.5. The van der Waals surface area contributed by atoms with Crippen molar-refractivity contribution in [3.05, 3.63) is 23.0 Å². The van der Waals surface area contributed by atoms with Crippen LogP contribution in [0.5, 0.6) is 0 Å². The van der Waals surface area contributed by atoms with Gasteiger partial charge in [-0.15, -0.1) is 0 Å². The van der Waals surface area contributed by atoms with Crippen LogP contribution in [0.1, 0.15) is 5.56 Å². The van der Waals surface area contributed by atoms with Crippen molar-refractivity contribution in [2.75, 3.05) is 0 Å². The summed E-state index contributed by atoms with van der Waals surface area (Å²) >= 11 is 5.40. The van der Waals surface area contributed by atoms with Crippen LogP contribution in [0.3, 0.4) is 0 Å². The lowest BCUT2D eigenvalue weighted by Crippen LogP contribution is -2.36. The first-order chi connectivity index (χ1) is 5.41. The van der Waals surface area contributed by atoms with Crippen LogP contribution < -0.4 is 5.46 Å². The zero-order chi connectivity index (χ0) is 9.35. The van der Waals surface area contributed by atoms with E-state index in [0.29, 0.717) is 0 Å². The van der Waals surface area contributed by atoms with E-state index in [2.05, 4.69) is 4.98 Å². The number of aryl methyl sites for hydroxylation is 1. The fraction of sp³-hybridized carbons (Fsp3) is 0.167. The quantitative estimate of drug-likeness (QED) is 0.493. The number of aromatic nitrogens is 1. The van der Waals surface area contributed by atoms with E-state index < -0.39 is 12.4 Å². The van der Waals surface area contributed by atoms with Gasteiger partial charge in [0.1, 0.15) is 5.15 Å². The van der Waals surface area contributed by atoms with Crippen LogP contribution in [0.4, 0.5) is 12.9 Å². The third kappa shape index (κ3) is 1.91. The normalized spacial score (nSPS) is 11.8. The highest BCUT2D eigenvalue weighted by Crippen LogP contribution is 2.13. The molecule has 12 heavy (non-hydrogen) atoms. The number of halogens is 4. The van der Waals surface area contributed by atoms with E-state index in [9.17, 15) is 12.9 Å². The largest absolute Gasteiger partial charge is 0.511 e. The van der Waals surface area contributed by atoms with Gasteiger partial charge in [0.25, 0.3) is 0 Å². The predicted octanol–water partition coefficient (Wildman–Crippen LogP) is 2.10. The Balaban J connectivity index is 3.19. The second-order valence-corrected chi connectivity index (χ2v) is 2.83. The molecule has 0 atom stereocenters. The summed E-state index contributed by atoms with van der Waals surface area (Å²) in [4.78, 5) is 3.37. The molecule has 1 rings (SSSR count). The van der Waals surface area contributed by atoms with Crippen molar-refractivity contribution >= 4 is 24.0 Å². The van der Waals surface area contributed by atoms with Crippen molar-refractivity contribution in [3.63, 3.8) is 0 Å². The number of rotatable bonds is 1. The highest BCUT2D eigenvalue weighted by molar-refractivity contribution is 6.73. The first-order valence-corrected chi connectivity index (χ1v) is 3.61. The standard InChI is InChI=1S/C6H5BClF3N/c1-4-2-6(8)12-3-5(4)7(9,10)11/h2-3H,1H3/q-1. The van der Waals surface area contributed by atoms with Gasteiger partial charge in [0, 0.05) is 6.20 Å². The van der Waals surface area contributed by atoms with Gasteiger partial charge in [-0.1, -0.05) is 22.6 Å². The van der Waals surface area contributed by atoms with Crippen LogP contribution in [0.25, 0.3) is 0 Å². The van der Waals surface area contributed by atoms with Gasteiger partial charge in [-0.05, 0) is 13.0 Å². The summed E-state index contributed by atoms with van der Waals surface area (Å²) in [6, 6.07) is 1.20. The molecular formula is C6H5BClF3N-. The lowest BCUT2D eigenvalue weighted by Gasteiger charge is -2.16. The maximum atomic E-state index is 12.2. The predicted molar refractivity (Wildman–Crippen MR) is 42.7 cm³/mol. The fourth-order valence-corrected chi connectivity index (χ4v) is 1.09. The lowest BCUT2D eigenvalue weighted by atomic mass is 9.78. The van der Waals surface area contributed by atoms with Crippen LogP contribution >= 0.6 is 11.6 Å². The van der Waals surface area contributed by atoms with Gasteiger partial charge < -0.3 is 12.9 Å². The molecule has 0 bridgehead atoms. The van der Waals surface area contributed by atoms with E-state index in [1.54, 1.807) is 0 Å². The minimum Gasteiger partial charge on any atom is -0.445 e. The minimum absolute atomic E-state index is 0.0799. The molecule has 0 amide bonds. The Labute approximate surface area is 72.6 Å². The van der Waals surface area contributed by atoms with Crippen molar-refractivity contribution in [1.82, 2.24) is 4.98 Å². The highest BCUT2D eigenvalue weighted by Gasteiger charge is 2.27. The third-order valence-electron chi connectivity index (χ3n) is 1.47. The molecule has 0 unspecified atom stereocenters. The van der Waals surface area contributed by atoms with Crippen LogP contribution in [-0.4, -0.2) is 12.0 Å². The zero-order valence-corrected chi connectivity index (χ0v) is 6.95. The van der Waals surface area contributed by atoms with Crippen LogP contribution in [0.2, 0.25) is 5.15 Å². The van der Waals surface area contributed by atoms with Gasteiger partial charge in [0.05, 0.1) is 0 Å². The van der Waals surface area contributed by atoms with Gasteiger partial charge in [0.15, 0.2) is 0 Å². The molecule has 1 aromatic rings. The molecule has 1 heterocycles. The zero-order valence-electron chi connectivity index (χ0n) is 6.19. The van der Waals surface area contributed by atoms with Crippen LogP contribution in [0, 0.1) is 6.92 Å². The molecule has 0 aliphatic heterocycles. The lowest BCUT2D eigenvalue weighted by molar-refractivity contribution is 0.500. The van der Waals surface area contributed by atoms with E-state index in [0.717, 1.165) is 6.20 Å². The molecule has 1 aromatic heterocycles. The van der Waals surface area contributed by atoms with E-state index >= 15 is 0 Å². The number of pyridine rings is 1. The Bertz CT molecular complexity index is 299. The van der Waals surface area contributed by atoms with Crippen molar-refractivity contribution in [2.24, 2.45) is 0 Å². The van der Waals surface area contributed by atoms with Crippen LogP contribution in [-0.2, 0) is 0 Å². The molecule has 0 aliphatic rings. The smallest absolute Gasteiger partial charge is 0.445 e.